The molecule has 2 atom stereocenters. The third-order valence-electron chi connectivity index (χ3n) is 2.16. The van der Waals surface area contributed by atoms with E-state index in [4.69, 9.17) is 9.47 Å². The number of ether oxygens (including phenoxy) is 3. The highest BCUT2D eigenvalue weighted by Crippen LogP contribution is 2.08. The van der Waals surface area contributed by atoms with E-state index in [1.807, 2.05) is 14.1 Å². The van der Waals surface area contributed by atoms with Gasteiger partial charge in [-0.05, 0) is 21.0 Å². The van der Waals surface area contributed by atoms with Crippen LogP contribution in [0, 0.1) is 0 Å². The third kappa shape index (κ3) is 9.99. The zero-order chi connectivity index (χ0) is 14.8. The van der Waals surface area contributed by atoms with E-state index >= 15 is 0 Å². The summed E-state index contributed by atoms with van der Waals surface area (Å²) in [6.07, 6.45) is 2.25. The number of rotatable bonds is 6. The first-order valence-corrected chi connectivity index (χ1v) is 5.81. The van der Waals surface area contributed by atoms with Crippen LogP contribution in [0.15, 0.2) is 25.3 Å². The summed E-state index contributed by atoms with van der Waals surface area (Å²) in [6, 6.07) is 0. The molecule has 1 aliphatic rings. The maximum Gasteiger partial charge on any atom is 0.331 e. The van der Waals surface area contributed by atoms with Crippen molar-refractivity contribution in [3.05, 3.63) is 25.3 Å². The van der Waals surface area contributed by atoms with Crippen LogP contribution >= 0.6 is 0 Å². The van der Waals surface area contributed by atoms with Gasteiger partial charge in [-0.2, -0.15) is 0 Å². The molecule has 0 bridgehead atoms. The molecular formula is C13H21NO5. The maximum atomic E-state index is 10.6. The number of nitrogens with zero attached hydrogens (tertiary/aromatic N) is 1. The van der Waals surface area contributed by atoms with Crippen molar-refractivity contribution in [3.63, 3.8) is 0 Å². The Morgan fingerprint density at radius 1 is 1.37 bits per heavy atom. The zero-order valence-corrected chi connectivity index (χ0v) is 11.6. The van der Waals surface area contributed by atoms with Crippen LogP contribution in [0.5, 0.6) is 0 Å². The van der Waals surface area contributed by atoms with E-state index in [2.05, 4.69) is 17.9 Å². The van der Waals surface area contributed by atoms with Crippen molar-refractivity contribution >= 4 is 11.9 Å². The SMILES string of the molecule is C=CC(=O)OC(C)N(C)C.C=CC(=O)OCC1CO1. The molecule has 0 radical (unpaired) electrons. The normalized spacial score (nSPS) is 17.6. The Morgan fingerprint density at radius 3 is 2.26 bits per heavy atom. The number of epoxide rings is 1. The highest BCUT2D eigenvalue weighted by molar-refractivity contribution is 5.81. The van der Waals surface area contributed by atoms with Crippen LogP contribution in [-0.2, 0) is 23.8 Å². The third-order valence-corrected chi connectivity index (χ3v) is 2.16. The van der Waals surface area contributed by atoms with Crippen molar-refractivity contribution in [1.29, 1.82) is 0 Å². The smallest absolute Gasteiger partial charge is 0.331 e. The van der Waals surface area contributed by atoms with Crippen LogP contribution in [0.3, 0.4) is 0 Å². The Bertz CT molecular complexity index is 323. The number of hydrogen-bond acceptors (Lipinski definition) is 6. The van der Waals surface area contributed by atoms with E-state index in [0.29, 0.717) is 13.2 Å². The molecule has 19 heavy (non-hydrogen) atoms. The van der Waals surface area contributed by atoms with E-state index in [0.717, 1.165) is 12.2 Å². The lowest BCUT2D eigenvalue weighted by atomic mass is 10.5. The molecule has 0 amide bonds. The molecule has 6 heteroatoms. The van der Waals surface area contributed by atoms with Gasteiger partial charge in [-0.1, -0.05) is 13.2 Å². The molecule has 0 aromatic heterocycles. The predicted molar refractivity (Wildman–Crippen MR) is 70.3 cm³/mol. The first kappa shape index (κ1) is 17.3. The van der Waals surface area contributed by atoms with Gasteiger partial charge < -0.3 is 14.2 Å². The molecule has 2 unspecified atom stereocenters. The van der Waals surface area contributed by atoms with Crippen molar-refractivity contribution in [3.8, 4) is 0 Å². The van der Waals surface area contributed by atoms with Crippen molar-refractivity contribution in [2.24, 2.45) is 0 Å². The summed E-state index contributed by atoms with van der Waals surface area (Å²) in [5.41, 5.74) is 0. The van der Waals surface area contributed by atoms with Crippen LogP contribution in [0.4, 0.5) is 0 Å². The Morgan fingerprint density at radius 2 is 1.89 bits per heavy atom. The summed E-state index contributed by atoms with van der Waals surface area (Å²) in [7, 11) is 3.67. The lowest BCUT2D eigenvalue weighted by molar-refractivity contribution is -0.149. The van der Waals surface area contributed by atoms with Gasteiger partial charge in [0.1, 0.15) is 12.7 Å². The minimum Gasteiger partial charge on any atom is -0.460 e. The fourth-order valence-electron chi connectivity index (χ4n) is 0.720. The molecule has 1 fully saturated rings. The van der Waals surface area contributed by atoms with E-state index in [1.165, 1.54) is 0 Å². The Balaban J connectivity index is 0.000000342. The van der Waals surface area contributed by atoms with Gasteiger partial charge in [0.05, 0.1) is 6.61 Å². The van der Waals surface area contributed by atoms with Gasteiger partial charge in [0.15, 0.2) is 6.23 Å². The number of carbonyl (C=O) groups excluding carboxylic acids is 2. The van der Waals surface area contributed by atoms with Gasteiger partial charge >= 0.3 is 11.9 Å². The molecule has 6 nitrogen and oxygen atoms in total. The van der Waals surface area contributed by atoms with Crippen molar-refractivity contribution in [2.45, 2.75) is 19.3 Å². The van der Waals surface area contributed by atoms with E-state index in [1.54, 1.807) is 11.8 Å². The van der Waals surface area contributed by atoms with E-state index in [9.17, 15) is 9.59 Å². The Labute approximate surface area is 113 Å². The molecular weight excluding hydrogens is 250 g/mol. The molecule has 0 saturated carbocycles. The lowest BCUT2D eigenvalue weighted by Crippen LogP contribution is -2.29. The minimum atomic E-state index is -0.388. The van der Waals surface area contributed by atoms with Gasteiger partial charge in [-0.25, -0.2) is 9.59 Å². The van der Waals surface area contributed by atoms with Crippen molar-refractivity contribution in [1.82, 2.24) is 4.90 Å². The average Bonchev–Trinajstić information content (AvgIpc) is 3.20. The van der Waals surface area contributed by atoms with Crippen LogP contribution in [0.1, 0.15) is 6.92 Å². The van der Waals surface area contributed by atoms with Gasteiger partial charge in [0.25, 0.3) is 0 Å². The fourth-order valence-corrected chi connectivity index (χ4v) is 0.720. The number of carbonyl (C=O) groups is 2. The molecule has 1 rings (SSSR count). The zero-order valence-electron chi connectivity index (χ0n) is 11.6. The Hall–Kier alpha value is -1.66. The van der Waals surface area contributed by atoms with Crippen LogP contribution in [0.25, 0.3) is 0 Å². The van der Waals surface area contributed by atoms with Crippen LogP contribution < -0.4 is 0 Å². The number of esters is 2. The molecule has 0 spiro atoms. The highest BCUT2D eigenvalue weighted by Gasteiger charge is 2.23. The second-order valence-corrected chi connectivity index (χ2v) is 3.99. The molecule has 0 N–H and O–H groups in total. The monoisotopic (exact) mass is 271 g/mol. The molecule has 1 heterocycles. The van der Waals surface area contributed by atoms with Gasteiger partial charge in [0, 0.05) is 12.2 Å². The van der Waals surface area contributed by atoms with Crippen LogP contribution in [0.2, 0.25) is 0 Å². The van der Waals surface area contributed by atoms with Gasteiger partial charge in [0.2, 0.25) is 0 Å². The van der Waals surface area contributed by atoms with Crippen molar-refractivity contribution < 1.29 is 23.8 Å². The summed E-state index contributed by atoms with van der Waals surface area (Å²) in [5.74, 6) is -0.772. The fraction of sp³-hybridized carbons (Fsp3) is 0.538. The molecule has 108 valence electrons. The largest absolute Gasteiger partial charge is 0.460 e. The minimum absolute atomic E-state index is 0.147. The molecule has 1 aliphatic heterocycles. The second-order valence-electron chi connectivity index (χ2n) is 3.99. The predicted octanol–water partition coefficient (Wildman–Crippen LogP) is 0.738. The van der Waals surface area contributed by atoms with Crippen molar-refractivity contribution in [2.75, 3.05) is 27.3 Å². The summed E-state index contributed by atoms with van der Waals surface area (Å²) in [4.78, 5) is 22.7. The van der Waals surface area contributed by atoms with E-state index in [-0.39, 0.29) is 24.3 Å². The number of hydrogen-bond donors (Lipinski definition) is 0. The van der Waals surface area contributed by atoms with Crippen LogP contribution in [-0.4, -0.2) is 56.5 Å². The molecule has 0 aliphatic carbocycles. The molecule has 0 aromatic rings. The van der Waals surface area contributed by atoms with Gasteiger partial charge in [-0.3, -0.25) is 4.90 Å². The summed E-state index contributed by atoms with van der Waals surface area (Å²) < 4.78 is 14.3. The Kier molecular flexibility index (Phi) is 8.48. The summed E-state index contributed by atoms with van der Waals surface area (Å²) in [6.45, 7) is 9.40. The topological polar surface area (TPSA) is 68.4 Å². The first-order chi connectivity index (χ1) is 8.90. The standard InChI is InChI=1S/C7H13NO2.C6H8O3/c1-5-7(9)10-6(2)8(3)4;1-2-6(7)9-4-5-3-8-5/h5-6H,1H2,2-4H3;2,5H,1,3-4H2. The lowest BCUT2D eigenvalue weighted by Gasteiger charge is -2.18. The summed E-state index contributed by atoms with van der Waals surface area (Å²) in [5, 5.41) is 0. The molecule has 0 aromatic carbocycles. The maximum absolute atomic E-state index is 10.6. The average molecular weight is 271 g/mol. The van der Waals surface area contributed by atoms with Gasteiger partial charge in [-0.15, -0.1) is 0 Å². The first-order valence-electron chi connectivity index (χ1n) is 5.81. The highest BCUT2D eigenvalue weighted by atomic mass is 16.6. The second kappa shape index (κ2) is 9.29. The quantitative estimate of drug-likeness (QED) is 0.307. The summed E-state index contributed by atoms with van der Waals surface area (Å²) >= 11 is 0. The molecule has 1 saturated heterocycles. The van der Waals surface area contributed by atoms with E-state index < -0.39 is 0 Å².